The van der Waals surface area contributed by atoms with Crippen LogP contribution in [0.2, 0.25) is 19.6 Å². The minimum atomic E-state index is -1.82. The Morgan fingerprint density at radius 3 is 0.875 bits per heavy atom. The molecule has 3 aromatic heterocycles. The Hall–Kier alpha value is -5.96. The molecule has 5 heterocycles. The van der Waals surface area contributed by atoms with E-state index in [1.165, 1.54) is 33.4 Å². The molecule has 4 nitrogen and oxygen atoms in total. The summed E-state index contributed by atoms with van der Waals surface area (Å²) in [4.78, 5) is 19.4. The summed E-state index contributed by atoms with van der Waals surface area (Å²) >= 11 is 0. The van der Waals surface area contributed by atoms with Gasteiger partial charge in [-0.25, -0.2) is 9.97 Å². The number of benzene rings is 3. The Morgan fingerprint density at radius 1 is 0.347 bits per heavy atom. The average Bonchev–Trinajstić information content (AvgIpc) is 4.09. The molecule has 6 aromatic rings. The first-order chi connectivity index (χ1) is 33.0. The van der Waals surface area contributed by atoms with Gasteiger partial charge in [0.15, 0.2) is 0 Å². The Bertz CT molecular complexity index is 3260. The van der Waals surface area contributed by atoms with Crippen molar-refractivity contribution >= 4 is 54.4 Å². The highest BCUT2D eigenvalue weighted by molar-refractivity contribution is 6.83. The van der Waals surface area contributed by atoms with E-state index in [1.807, 2.05) is 0 Å². The number of H-pyrrole nitrogens is 2. The van der Waals surface area contributed by atoms with Crippen LogP contribution >= 0.6 is 0 Å². The molecule has 2 N–H and O–H groups in total. The van der Waals surface area contributed by atoms with E-state index in [0.29, 0.717) is 0 Å². The molecule has 0 saturated carbocycles. The van der Waals surface area contributed by atoms with Gasteiger partial charge in [0.2, 0.25) is 0 Å². The van der Waals surface area contributed by atoms with Gasteiger partial charge in [-0.2, -0.15) is 0 Å². The maximum absolute atomic E-state index is 5.78. The van der Waals surface area contributed by atoms with Gasteiger partial charge in [-0.3, -0.25) is 0 Å². The number of hydrogen-bond donors (Lipinski definition) is 2. The first-order valence-corrected chi connectivity index (χ1v) is 29.7. The Balaban J connectivity index is 1.64. The SMILES string of the molecule is CC(C)(C)c1cc(-c2c3nc(c(-c4cc(C(C)(C)C)cc(C(C)(C)C)c4)c4ccc([nH]4)c(-c4cc(C(C)(C)C)cc(C(C)(C)C)c4)c4nc(c(C#C[Si](C)(C)C)c5ccc2[nH]5)C=C4)C=C3)cc(C(C)(C)C)c1. The van der Waals surface area contributed by atoms with E-state index in [0.717, 1.165) is 83.8 Å². The van der Waals surface area contributed by atoms with Gasteiger partial charge in [-0.05, 0) is 131 Å². The molecular weight excluding hydrogens is 889 g/mol. The average molecular weight is 972 g/mol. The van der Waals surface area contributed by atoms with Crippen molar-refractivity contribution < 1.29 is 0 Å². The second-order valence-electron chi connectivity index (χ2n) is 27.9. The van der Waals surface area contributed by atoms with Crippen molar-refractivity contribution in [2.75, 3.05) is 0 Å². The molecule has 374 valence electrons. The number of aromatic nitrogens is 4. The molecule has 2 aliphatic rings. The highest BCUT2D eigenvalue weighted by Crippen LogP contribution is 2.43. The third kappa shape index (κ3) is 11.0. The summed E-state index contributed by atoms with van der Waals surface area (Å²) in [6.45, 7) is 48.5. The third-order valence-electron chi connectivity index (χ3n) is 14.2. The second-order valence-corrected chi connectivity index (χ2v) is 32.6. The van der Waals surface area contributed by atoms with Crippen LogP contribution in [0.3, 0.4) is 0 Å². The predicted molar refractivity (Wildman–Crippen MR) is 318 cm³/mol. The minimum absolute atomic E-state index is 0.0811. The molecule has 2 aliphatic heterocycles. The summed E-state index contributed by atoms with van der Waals surface area (Å²) < 4.78 is 0. The van der Waals surface area contributed by atoms with E-state index in [4.69, 9.17) is 9.97 Å². The summed E-state index contributed by atoms with van der Waals surface area (Å²) in [5.41, 5.74) is 26.0. The number of nitrogens with one attached hydrogen (secondary N) is 2. The van der Waals surface area contributed by atoms with Gasteiger partial charge < -0.3 is 9.97 Å². The Kier molecular flexibility index (Phi) is 13.0. The van der Waals surface area contributed by atoms with Crippen molar-refractivity contribution in [1.82, 2.24) is 19.9 Å². The molecule has 0 fully saturated rings. The zero-order chi connectivity index (χ0) is 52.9. The second kappa shape index (κ2) is 17.9. The van der Waals surface area contributed by atoms with Crippen molar-refractivity contribution in [1.29, 1.82) is 0 Å². The highest BCUT2D eigenvalue weighted by Gasteiger charge is 2.28. The van der Waals surface area contributed by atoms with Crippen molar-refractivity contribution in [2.24, 2.45) is 0 Å². The van der Waals surface area contributed by atoms with Gasteiger partial charge in [0, 0.05) is 33.2 Å². The molecule has 0 unspecified atom stereocenters. The molecule has 8 rings (SSSR count). The minimum Gasteiger partial charge on any atom is -0.354 e. The zero-order valence-corrected chi connectivity index (χ0v) is 48.7. The molecule has 0 saturated heterocycles. The summed E-state index contributed by atoms with van der Waals surface area (Å²) in [6.07, 6.45) is 8.84. The van der Waals surface area contributed by atoms with Crippen LogP contribution in [0.15, 0.2) is 78.9 Å². The lowest BCUT2D eigenvalue weighted by Gasteiger charge is -2.26. The van der Waals surface area contributed by atoms with Crippen molar-refractivity contribution in [3.63, 3.8) is 0 Å². The number of rotatable bonds is 3. The van der Waals surface area contributed by atoms with Crippen LogP contribution in [0.5, 0.6) is 0 Å². The summed E-state index contributed by atoms with van der Waals surface area (Å²) in [6, 6.07) is 30.5. The zero-order valence-electron chi connectivity index (χ0n) is 47.7. The molecule has 0 aliphatic carbocycles. The standard InChI is InChI=1S/C67H82N4Si/c1-62(2,3)44-32-41(33-45(38-44)63(4,5)6)59-53-24-22-51(68-53)50(30-31-72(19,20)21)52-23-25-54(69-52)60(42-34-46(64(7,8)9)39-47(35-42)65(10,11)12)56-27-29-58(71-56)61(57-28-26-55(59)70-57)43-36-48(66(13,14)15)40-49(37-43)67(16,17)18/h22-29,32-40,68,71H,1-21H3. The fraction of sp³-hybridized carbons (Fsp3) is 0.403. The van der Waals surface area contributed by atoms with Gasteiger partial charge in [-0.1, -0.05) is 205 Å². The van der Waals surface area contributed by atoms with E-state index >= 15 is 0 Å². The largest absolute Gasteiger partial charge is 0.354 e. The maximum Gasteiger partial charge on any atom is 0.129 e. The number of hydrogen-bond acceptors (Lipinski definition) is 2. The quantitative estimate of drug-likeness (QED) is 0.137. The van der Waals surface area contributed by atoms with Crippen LogP contribution in [0, 0.1) is 11.5 Å². The van der Waals surface area contributed by atoms with E-state index in [2.05, 4.69) is 269 Å². The molecule has 5 heteroatoms. The first kappa shape index (κ1) is 52.4. The van der Waals surface area contributed by atoms with Crippen molar-refractivity contribution in [2.45, 2.75) is 177 Å². The van der Waals surface area contributed by atoms with E-state index in [9.17, 15) is 0 Å². The number of fused-ring (bicyclic) bond motifs is 8. The number of nitrogens with zero attached hydrogens (tertiary/aromatic N) is 2. The normalized spacial score (nSPS) is 13.7. The summed E-state index contributed by atoms with van der Waals surface area (Å²) in [5, 5.41) is 0. The van der Waals surface area contributed by atoms with E-state index < -0.39 is 8.07 Å². The fourth-order valence-electron chi connectivity index (χ4n) is 9.41. The smallest absolute Gasteiger partial charge is 0.129 e. The lowest BCUT2D eigenvalue weighted by molar-refractivity contribution is 0.568. The summed E-state index contributed by atoms with van der Waals surface area (Å²) in [7, 11) is -1.82. The van der Waals surface area contributed by atoms with Crippen LogP contribution in [0.1, 0.15) is 186 Å². The van der Waals surface area contributed by atoms with Crippen LogP contribution in [0.4, 0.5) is 0 Å². The van der Waals surface area contributed by atoms with Crippen LogP contribution < -0.4 is 0 Å². The van der Waals surface area contributed by atoms with Gasteiger partial charge in [-0.15, -0.1) is 5.54 Å². The van der Waals surface area contributed by atoms with Gasteiger partial charge in [0.05, 0.1) is 33.9 Å². The van der Waals surface area contributed by atoms with Crippen LogP contribution in [-0.2, 0) is 32.5 Å². The van der Waals surface area contributed by atoms with Gasteiger partial charge >= 0.3 is 0 Å². The molecule has 0 spiro atoms. The lowest BCUT2D eigenvalue weighted by Crippen LogP contribution is -2.16. The molecule has 0 amide bonds. The summed E-state index contributed by atoms with van der Waals surface area (Å²) in [5.74, 6) is 3.72. The third-order valence-corrected chi connectivity index (χ3v) is 15.1. The lowest BCUT2D eigenvalue weighted by atomic mass is 9.78. The number of aromatic amines is 2. The molecule has 3 aromatic carbocycles. The van der Waals surface area contributed by atoms with E-state index in [1.54, 1.807) is 0 Å². The van der Waals surface area contributed by atoms with Gasteiger partial charge in [0.1, 0.15) is 8.07 Å². The van der Waals surface area contributed by atoms with E-state index in [-0.39, 0.29) is 32.5 Å². The maximum atomic E-state index is 5.78. The fourth-order valence-corrected chi connectivity index (χ4v) is 9.91. The molecule has 0 radical (unpaired) electrons. The van der Waals surface area contributed by atoms with Crippen LogP contribution in [-0.4, -0.2) is 28.0 Å². The van der Waals surface area contributed by atoms with Crippen molar-refractivity contribution in [3.8, 4) is 44.8 Å². The van der Waals surface area contributed by atoms with Gasteiger partial charge in [0.25, 0.3) is 0 Å². The van der Waals surface area contributed by atoms with Crippen molar-refractivity contribution in [3.05, 3.63) is 141 Å². The first-order valence-electron chi connectivity index (χ1n) is 26.2. The molecule has 72 heavy (non-hydrogen) atoms. The topological polar surface area (TPSA) is 57.4 Å². The molecule has 8 bridgehead atoms. The predicted octanol–water partition coefficient (Wildman–Crippen LogP) is 18.7. The Morgan fingerprint density at radius 2 is 0.597 bits per heavy atom. The van der Waals surface area contributed by atoms with Crippen LogP contribution in [0.25, 0.3) is 79.8 Å². The Labute approximate surface area is 434 Å². The highest BCUT2D eigenvalue weighted by atomic mass is 28.3. The molecule has 0 atom stereocenters. The molecular formula is C67H82N4Si. The monoisotopic (exact) mass is 971 g/mol.